The molecule has 76 valence electrons. The SMILES string of the molecule is ClCc1cncc(-c2ccccc2Br)c1. The third-order valence-corrected chi connectivity index (χ3v) is 3.13. The molecule has 0 unspecified atom stereocenters. The molecular formula is C12H9BrClN. The van der Waals surface area contributed by atoms with E-state index >= 15 is 0 Å². The summed E-state index contributed by atoms with van der Waals surface area (Å²) in [4.78, 5) is 4.17. The van der Waals surface area contributed by atoms with E-state index in [1.54, 1.807) is 6.20 Å². The Morgan fingerprint density at radius 3 is 2.73 bits per heavy atom. The first-order valence-corrected chi connectivity index (χ1v) is 5.89. The maximum atomic E-state index is 5.77. The summed E-state index contributed by atoms with van der Waals surface area (Å²) in [5.74, 6) is 0.491. The molecule has 3 heteroatoms. The molecule has 1 nitrogen and oxygen atoms in total. The highest BCUT2D eigenvalue weighted by molar-refractivity contribution is 9.10. The van der Waals surface area contributed by atoms with Crippen LogP contribution in [0.1, 0.15) is 5.56 Å². The average Bonchev–Trinajstić information content (AvgIpc) is 2.30. The fourth-order valence-electron chi connectivity index (χ4n) is 1.40. The lowest BCUT2D eigenvalue weighted by atomic mass is 10.1. The lowest BCUT2D eigenvalue weighted by Gasteiger charge is -2.04. The molecule has 0 aliphatic heterocycles. The zero-order valence-electron chi connectivity index (χ0n) is 7.95. The van der Waals surface area contributed by atoms with Crippen LogP contribution in [0.2, 0.25) is 0 Å². The molecule has 0 fully saturated rings. The fourth-order valence-corrected chi connectivity index (χ4v) is 2.06. The molecule has 2 aromatic rings. The highest BCUT2D eigenvalue weighted by Crippen LogP contribution is 2.27. The molecule has 0 saturated heterocycles. The number of hydrogen-bond donors (Lipinski definition) is 0. The van der Waals surface area contributed by atoms with Crippen molar-refractivity contribution in [1.29, 1.82) is 0 Å². The van der Waals surface area contributed by atoms with Gasteiger partial charge in [-0.1, -0.05) is 34.1 Å². The Morgan fingerprint density at radius 2 is 2.00 bits per heavy atom. The van der Waals surface area contributed by atoms with E-state index < -0.39 is 0 Å². The number of halogens is 2. The quantitative estimate of drug-likeness (QED) is 0.750. The van der Waals surface area contributed by atoms with Crippen LogP contribution in [0.5, 0.6) is 0 Å². The predicted molar refractivity (Wildman–Crippen MR) is 66.9 cm³/mol. The van der Waals surface area contributed by atoms with Gasteiger partial charge in [-0.25, -0.2) is 0 Å². The second kappa shape index (κ2) is 4.77. The van der Waals surface area contributed by atoms with E-state index in [9.17, 15) is 0 Å². The smallest absolute Gasteiger partial charge is 0.0489 e. The summed E-state index contributed by atoms with van der Waals surface area (Å²) in [5, 5.41) is 0. The van der Waals surface area contributed by atoms with Gasteiger partial charge in [0.15, 0.2) is 0 Å². The number of alkyl halides is 1. The van der Waals surface area contributed by atoms with Crippen molar-refractivity contribution < 1.29 is 0 Å². The summed E-state index contributed by atoms with van der Waals surface area (Å²) in [7, 11) is 0. The van der Waals surface area contributed by atoms with Crippen molar-refractivity contribution in [2.24, 2.45) is 0 Å². The van der Waals surface area contributed by atoms with Gasteiger partial charge in [0, 0.05) is 28.3 Å². The van der Waals surface area contributed by atoms with E-state index in [4.69, 9.17) is 11.6 Å². The topological polar surface area (TPSA) is 12.9 Å². The van der Waals surface area contributed by atoms with Gasteiger partial charge in [-0.2, -0.15) is 0 Å². The number of hydrogen-bond acceptors (Lipinski definition) is 1. The first kappa shape index (κ1) is 10.7. The van der Waals surface area contributed by atoms with Crippen molar-refractivity contribution in [2.75, 3.05) is 0 Å². The number of rotatable bonds is 2. The van der Waals surface area contributed by atoms with Crippen molar-refractivity contribution in [1.82, 2.24) is 4.98 Å². The standard InChI is InChI=1S/C12H9BrClN/c13-12-4-2-1-3-11(12)10-5-9(6-14)7-15-8-10/h1-5,7-8H,6H2. The number of pyridine rings is 1. The van der Waals surface area contributed by atoms with Crippen LogP contribution in [-0.4, -0.2) is 4.98 Å². The lowest BCUT2D eigenvalue weighted by Crippen LogP contribution is -1.85. The number of aromatic nitrogens is 1. The van der Waals surface area contributed by atoms with Crippen LogP contribution in [0.3, 0.4) is 0 Å². The summed E-state index contributed by atoms with van der Waals surface area (Å²) in [6.07, 6.45) is 3.63. The van der Waals surface area contributed by atoms with E-state index in [1.165, 1.54) is 0 Å². The largest absolute Gasteiger partial charge is 0.264 e. The Kier molecular flexibility index (Phi) is 3.39. The maximum Gasteiger partial charge on any atom is 0.0489 e. The van der Waals surface area contributed by atoms with Gasteiger partial charge in [0.05, 0.1) is 0 Å². The Labute approximate surface area is 102 Å². The second-order valence-electron chi connectivity index (χ2n) is 3.20. The van der Waals surface area contributed by atoms with E-state index in [1.807, 2.05) is 24.4 Å². The Hall–Kier alpha value is -0.860. The Balaban J connectivity index is 2.49. The summed E-state index contributed by atoms with van der Waals surface area (Å²) in [5.41, 5.74) is 3.25. The van der Waals surface area contributed by atoms with Crippen molar-refractivity contribution in [3.05, 3.63) is 52.8 Å². The van der Waals surface area contributed by atoms with Gasteiger partial charge in [0.25, 0.3) is 0 Å². The minimum atomic E-state index is 0.491. The van der Waals surface area contributed by atoms with Gasteiger partial charge < -0.3 is 0 Å². The fraction of sp³-hybridized carbons (Fsp3) is 0.0833. The molecule has 15 heavy (non-hydrogen) atoms. The van der Waals surface area contributed by atoms with Crippen LogP contribution < -0.4 is 0 Å². The molecule has 0 aliphatic rings. The highest BCUT2D eigenvalue weighted by atomic mass is 79.9. The molecule has 0 radical (unpaired) electrons. The molecule has 0 atom stereocenters. The third-order valence-electron chi connectivity index (χ3n) is 2.13. The molecule has 0 bridgehead atoms. The summed E-state index contributed by atoms with van der Waals surface area (Å²) < 4.78 is 1.07. The van der Waals surface area contributed by atoms with Crippen molar-refractivity contribution >= 4 is 27.5 Å². The monoisotopic (exact) mass is 281 g/mol. The van der Waals surface area contributed by atoms with Crippen molar-refractivity contribution in [3.63, 3.8) is 0 Å². The Bertz CT molecular complexity index is 471. The van der Waals surface area contributed by atoms with Crippen LogP contribution in [0.4, 0.5) is 0 Å². The lowest BCUT2D eigenvalue weighted by molar-refractivity contribution is 1.25. The molecule has 1 aromatic carbocycles. The minimum absolute atomic E-state index is 0.491. The van der Waals surface area contributed by atoms with E-state index in [2.05, 4.69) is 33.0 Å². The molecule has 0 amide bonds. The van der Waals surface area contributed by atoms with Gasteiger partial charge in [0.2, 0.25) is 0 Å². The molecule has 0 saturated carbocycles. The normalized spacial score (nSPS) is 10.3. The van der Waals surface area contributed by atoms with Gasteiger partial charge in [-0.05, 0) is 23.3 Å². The van der Waals surface area contributed by atoms with Crippen LogP contribution in [-0.2, 0) is 5.88 Å². The first-order valence-electron chi connectivity index (χ1n) is 4.56. The van der Waals surface area contributed by atoms with E-state index in [0.29, 0.717) is 5.88 Å². The molecule has 0 aliphatic carbocycles. The van der Waals surface area contributed by atoms with Gasteiger partial charge >= 0.3 is 0 Å². The summed E-state index contributed by atoms with van der Waals surface area (Å²) in [6, 6.07) is 10.1. The summed E-state index contributed by atoms with van der Waals surface area (Å²) >= 11 is 9.29. The molecular weight excluding hydrogens is 273 g/mol. The second-order valence-corrected chi connectivity index (χ2v) is 4.32. The number of nitrogens with zero attached hydrogens (tertiary/aromatic N) is 1. The zero-order chi connectivity index (χ0) is 10.7. The molecule has 1 heterocycles. The van der Waals surface area contributed by atoms with E-state index in [-0.39, 0.29) is 0 Å². The average molecular weight is 283 g/mol. The van der Waals surface area contributed by atoms with Gasteiger partial charge in [-0.3, -0.25) is 4.98 Å². The highest BCUT2D eigenvalue weighted by Gasteiger charge is 2.02. The Morgan fingerprint density at radius 1 is 1.20 bits per heavy atom. The van der Waals surface area contributed by atoms with E-state index in [0.717, 1.165) is 21.2 Å². The minimum Gasteiger partial charge on any atom is -0.264 e. The van der Waals surface area contributed by atoms with Crippen LogP contribution >= 0.6 is 27.5 Å². The van der Waals surface area contributed by atoms with Gasteiger partial charge in [-0.15, -0.1) is 11.6 Å². The maximum absolute atomic E-state index is 5.77. The van der Waals surface area contributed by atoms with Crippen LogP contribution in [0.25, 0.3) is 11.1 Å². The molecule has 0 spiro atoms. The van der Waals surface area contributed by atoms with Crippen molar-refractivity contribution in [3.8, 4) is 11.1 Å². The first-order chi connectivity index (χ1) is 7.31. The number of benzene rings is 1. The molecule has 1 aromatic heterocycles. The zero-order valence-corrected chi connectivity index (χ0v) is 10.3. The molecule has 0 N–H and O–H groups in total. The van der Waals surface area contributed by atoms with Gasteiger partial charge in [0.1, 0.15) is 0 Å². The third kappa shape index (κ3) is 2.39. The van der Waals surface area contributed by atoms with Crippen LogP contribution in [0.15, 0.2) is 47.2 Å². The van der Waals surface area contributed by atoms with Crippen molar-refractivity contribution in [2.45, 2.75) is 5.88 Å². The predicted octanol–water partition coefficient (Wildman–Crippen LogP) is 4.25. The summed E-state index contributed by atoms with van der Waals surface area (Å²) in [6.45, 7) is 0. The van der Waals surface area contributed by atoms with Crippen LogP contribution in [0, 0.1) is 0 Å². The molecule has 2 rings (SSSR count).